The van der Waals surface area contributed by atoms with Crippen LogP contribution in [0.15, 0.2) is 24.3 Å². The number of benzene rings is 1. The second-order valence-electron chi connectivity index (χ2n) is 1.98. The van der Waals surface area contributed by atoms with Crippen LogP contribution in [0.4, 0.5) is 0 Å². The molecule has 0 atom stereocenters. The van der Waals surface area contributed by atoms with Gasteiger partial charge in [0.05, 0.1) is 6.61 Å². The summed E-state index contributed by atoms with van der Waals surface area (Å²) in [5.74, 6) is 5.09. The van der Waals surface area contributed by atoms with Crippen LogP contribution in [0, 0.1) is 0 Å². The van der Waals surface area contributed by atoms with Gasteiger partial charge in [-0.15, -0.1) is 12.4 Å². The van der Waals surface area contributed by atoms with Crippen molar-refractivity contribution >= 4 is 12.4 Å². The van der Waals surface area contributed by atoms with E-state index in [2.05, 4.69) is 4.84 Å². The van der Waals surface area contributed by atoms with Gasteiger partial charge in [0.1, 0.15) is 5.75 Å². The highest BCUT2D eigenvalue weighted by Crippen LogP contribution is 2.09. The van der Waals surface area contributed by atoms with Gasteiger partial charge in [-0.3, -0.25) is 4.84 Å². The minimum Gasteiger partial charge on any atom is -0.508 e. The van der Waals surface area contributed by atoms with Gasteiger partial charge in [0, 0.05) is 0 Å². The van der Waals surface area contributed by atoms with Gasteiger partial charge in [-0.25, -0.2) is 5.90 Å². The van der Waals surface area contributed by atoms with Gasteiger partial charge in [-0.05, 0) is 17.7 Å². The maximum Gasteiger partial charge on any atom is 0.115 e. The van der Waals surface area contributed by atoms with E-state index in [-0.39, 0.29) is 18.2 Å². The molecule has 62 valence electrons. The summed E-state index contributed by atoms with van der Waals surface area (Å²) in [7, 11) is 0. The molecule has 1 aromatic carbocycles. The second-order valence-corrected chi connectivity index (χ2v) is 1.98. The summed E-state index contributed by atoms with van der Waals surface area (Å²) in [6.07, 6.45) is 0. The first-order chi connectivity index (χ1) is 4.83. The Bertz CT molecular complexity index is 200. The van der Waals surface area contributed by atoms with E-state index in [0.29, 0.717) is 6.61 Å². The fourth-order valence-electron chi connectivity index (χ4n) is 0.688. The Morgan fingerprint density at radius 3 is 2.27 bits per heavy atom. The van der Waals surface area contributed by atoms with E-state index < -0.39 is 0 Å². The van der Waals surface area contributed by atoms with E-state index in [4.69, 9.17) is 11.0 Å². The first-order valence-corrected chi connectivity index (χ1v) is 2.92. The van der Waals surface area contributed by atoms with Gasteiger partial charge in [0.25, 0.3) is 0 Å². The molecule has 1 rings (SSSR count). The molecule has 0 aromatic heterocycles. The number of hydrogen-bond donors (Lipinski definition) is 2. The average Bonchev–Trinajstić information content (AvgIpc) is 1.95. The van der Waals surface area contributed by atoms with Crippen LogP contribution >= 0.6 is 12.4 Å². The zero-order valence-corrected chi connectivity index (χ0v) is 6.67. The Balaban J connectivity index is 0.000001000. The number of phenols is 1. The van der Waals surface area contributed by atoms with E-state index >= 15 is 0 Å². The van der Waals surface area contributed by atoms with Crippen LogP contribution < -0.4 is 5.90 Å². The number of hydrogen-bond acceptors (Lipinski definition) is 3. The summed E-state index contributed by atoms with van der Waals surface area (Å²) in [6.45, 7) is 0.375. The van der Waals surface area contributed by atoms with E-state index in [0.717, 1.165) is 5.56 Å². The van der Waals surface area contributed by atoms with Crippen LogP contribution in [0.5, 0.6) is 5.75 Å². The van der Waals surface area contributed by atoms with E-state index in [1.165, 1.54) is 0 Å². The number of halogens is 1. The Morgan fingerprint density at radius 2 is 1.82 bits per heavy atom. The molecule has 1 aromatic rings. The summed E-state index contributed by atoms with van der Waals surface area (Å²) < 4.78 is 0. The van der Waals surface area contributed by atoms with Crippen molar-refractivity contribution < 1.29 is 9.94 Å². The molecule has 0 unspecified atom stereocenters. The molecule has 3 nitrogen and oxygen atoms in total. The van der Waals surface area contributed by atoms with Crippen molar-refractivity contribution in [2.75, 3.05) is 0 Å². The molecule has 4 heteroatoms. The predicted molar refractivity (Wildman–Crippen MR) is 44.3 cm³/mol. The summed E-state index contributed by atoms with van der Waals surface area (Å²) >= 11 is 0. The molecule has 0 aliphatic heterocycles. The third kappa shape index (κ3) is 3.23. The second kappa shape index (κ2) is 4.96. The van der Waals surface area contributed by atoms with Gasteiger partial charge in [-0.1, -0.05) is 12.1 Å². The minimum atomic E-state index is 0. The quantitative estimate of drug-likeness (QED) is 0.665. The molecular weight excluding hydrogens is 166 g/mol. The first-order valence-electron chi connectivity index (χ1n) is 2.92. The molecule has 0 amide bonds. The number of rotatable bonds is 2. The smallest absolute Gasteiger partial charge is 0.115 e. The first kappa shape index (κ1) is 10.2. The summed E-state index contributed by atoms with van der Waals surface area (Å²) in [4.78, 5) is 4.39. The molecule has 0 saturated heterocycles. The fraction of sp³-hybridized carbons (Fsp3) is 0.143. The van der Waals surface area contributed by atoms with Crippen molar-refractivity contribution in [3.8, 4) is 5.75 Å². The van der Waals surface area contributed by atoms with Gasteiger partial charge in [0.2, 0.25) is 0 Å². The molecule has 0 bridgehead atoms. The molecule has 0 heterocycles. The summed E-state index contributed by atoms with van der Waals surface area (Å²) in [5, 5.41) is 8.85. The molecule has 3 N–H and O–H groups in total. The van der Waals surface area contributed by atoms with Crippen LogP contribution in [0.25, 0.3) is 0 Å². The Morgan fingerprint density at radius 1 is 1.27 bits per heavy atom. The Kier molecular flexibility index (Phi) is 4.61. The van der Waals surface area contributed by atoms with Crippen LogP contribution in [0.3, 0.4) is 0 Å². The molecule has 0 aliphatic rings. The maximum atomic E-state index is 8.85. The molecule has 11 heavy (non-hydrogen) atoms. The average molecular weight is 176 g/mol. The number of nitrogens with two attached hydrogens (primary N) is 1. The highest BCUT2D eigenvalue weighted by molar-refractivity contribution is 5.85. The summed E-state index contributed by atoms with van der Waals surface area (Å²) in [5.41, 5.74) is 0.945. The highest BCUT2D eigenvalue weighted by Gasteiger charge is 1.90. The van der Waals surface area contributed by atoms with Crippen molar-refractivity contribution in [3.05, 3.63) is 29.8 Å². The lowest BCUT2D eigenvalue weighted by Gasteiger charge is -1.97. The molecule has 0 aliphatic carbocycles. The minimum absolute atomic E-state index is 0. The number of phenolic OH excluding ortho intramolecular Hbond substituents is 1. The third-order valence-electron chi connectivity index (χ3n) is 1.19. The monoisotopic (exact) mass is 175 g/mol. The third-order valence-corrected chi connectivity index (χ3v) is 1.19. The Hall–Kier alpha value is -0.770. The molecule has 0 fully saturated rings. The lowest BCUT2D eigenvalue weighted by atomic mass is 10.2. The lowest BCUT2D eigenvalue weighted by molar-refractivity contribution is 0.124. The van der Waals surface area contributed by atoms with Crippen LogP contribution in [0.1, 0.15) is 5.56 Å². The Labute approximate surface area is 71.2 Å². The number of aromatic hydroxyl groups is 1. The normalized spacial score (nSPS) is 8.82. The molecule has 0 spiro atoms. The molecule has 0 saturated carbocycles. The van der Waals surface area contributed by atoms with Gasteiger partial charge in [-0.2, -0.15) is 0 Å². The van der Waals surface area contributed by atoms with Crippen molar-refractivity contribution in [2.24, 2.45) is 5.90 Å². The van der Waals surface area contributed by atoms with Crippen molar-refractivity contribution in [1.29, 1.82) is 0 Å². The van der Waals surface area contributed by atoms with Gasteiger partial charge in [0.15, 0.2) is 0 Å². The predicted octanol–water partition coefficient (Wildman–Crippen LogP) is 1.20. The lowest BCUT2D eigenvalue weighted by Crippen LogP contribution is -1.97. The van der Waals surface area contributed by atoms with Crippen LogP contribution in [0.2, 0.25) is 0 Å². The molecular formula is C7H10ClNO2. The highest BCUT2D eigenvalue weighted by atomic mass is 35.5. The largest absolute Gasteiger partial charge is 0.508 e. The zero-order chi connectivity index (χ0) is 7.40. The topological polar surface area (TPSA) is 55.5 Å². The molecule has 0 radical (unpaired) electrons. The zero-order valence-electron chi connectivity index (χ0n) is 5.86. The van der Waals surface area contributed by atoms with Gasteiger partial charge >= 0.3 is 0 Å². The standard InChI is InChI=1S/C7H9NO2.ClH/c8-10-5-6-1-3-7(9)4-2-6;/h1-4,9H,5,8H2;1H. The van der Waals surface area contributed by atoms with E-state index in [1.54, 1.807) is 24.3 Å². The van der Waals surface area contributed by atoms with Crippen molar-refractivity contribution in [2.45, 2.75) is 6.61 Å². The van der Waals surface area contributed by atoms with E-state index in [1.807, 2.05) is 0 Å². The van der Waals surface area contributed by atoms with Crippen molar-refractivity contribution in [3.63, 3.8) is 0 Å². The maximum absolute atomic E-state index is 8.85. The van der Waals surface area contributed by atoms with Crippen molar-refractivity contribution in [1.82, 2.24) is 0 Å². The van der Waals surface area contributed by atoms with Gasteiger partial charge < -0.3 is 5.11 Å². The van der Waals surface area contributed by atoms with E-state index in [9.17, 15) is 0 Å². The van der Waals surface area contributed by atoms with Crippen LogP contribution in [-0.4, -0.2) is 5.11 Å². The fourth-order valence-corrected chi connectivity index (χ4v) is 0.688. The van der Waals surface area contributed by atoms with Crippen LogP contribution in [-0.2, 0) is 11.4 Å². The summed E-state index contributed by atoms with van der Waals surface area (Å²) in [6, 6.07) is 6.69. The SMILES string of the molecule is Cl.NOCc1ccc(O)cc1.